The van der Waals surface area contributed by atoms with Crippen molar-refractivity contribution in [1.29, 1.82) is 0 Å². The van der Waals surface area contributed by atoms with Gasteiger partial charge in [0.2, 0.25) is 0 Å². The second-order valence-electron chi connectivity index (χ2n) is 14.4. The zero-order valence-electron chi connectivity index (χ0n) is 24.2. The largest absolute Gasteiger partial charge is 0.456 e. The third kappa shape index (κ3) is 3.47. The molecule has 0 amide bonds. The van der Waals surface area contributed by atoms with Gasteiger partial charge in [-0.3, -0.25) is 19.2 Å². The maximum Gasteiger partial charge on any atom is 0.303 e. The minimum atomic E-state index is -1.89. The van der Waals surface area contributed by atoms with Crippen LogP contribution >= 0.6 is 0 Å². The van der Waals surface area contributed by atoms with Gasteiger partial charge in [-0.25, -0.2) is 0 Å². The molecule has 9 heteroatoms. The van der Waals surface area contributed by atoms with Gasteiger partial charge in [0.05, 0.1) is 18.1 Å². The number of aliphatic hydroxyl groups excluding tert-OH is 3. The van der Waals surface area contributed by atoms with E-state index in [-0.39, 0.29) is 37.2 Å². The Morgan fingerprint density at radius 2 is 1.82 bits per heavy atom. The lowest BCUT2D eigenvalue weighted by atomic mass is 9.33. The molecular formula is C31H42O9. The molecular weight excluding hydrogens is 516 g/mol. The predicted molar refractivity (Wildman–Crippen MR) is 142 cm³/mol. The Balaban J connectivity index is 1.53. The van der Waals surface area contributed by atoms with Crippen molar-refractivity contribution in [3.05, 3.63) is 23.8 Å². The molecule has 4 fully saturated rings. The Morgan fingerprint density at radius 1 is 1.18 bits per heavy atom. The van der Waals surface area contributed by atoms with E-state index in [2.05, 4.69) is 0 Å². The third-order valence-corrected chi connectivity index (χ3v) is 11.7. The highest BCUT2D eigenvalue weighted by Crippen LogP contribution is 2.80. The second-order valence-corrected chi connectivity index (χ2v) is 14.4. The van der Waals surface area contributed by atoms with E-state index in [1.165, 1.54) is 19.1 Å². The lowest BCUT2D eigenvalue weighted by Gasteiger charge is -2.70. The Kier molecular flexibility index (Phi) is 6.34. The van der Waals surface area contributed by atoms with Crippen molar-refractivity contribution in [2.75, 3.05) is 6.61 Å². The van der Waals surface area contributed by atoms with Crippen LogP contribution in [-0.4, -0.2) is 73.8 Å². The fourth-order valence-corrected chi connectivity index (χ4v) is 9.93. The van der Waals surface area contributed by atoms with Crippen LogP contribution in [0.2, 0.25) is 0 Å². The molecule has 40 heavy (non-hydrogen) atoms. The normalized spacial score (nSPS) is 45.5. The second kappa shape index (κ2) is 8.66. The fourth-order valence-electron chi connectivity index (χ4n) is 9.93. The van der Waals surface area contributed by atoms with Gasteiger partial charge in [-0.15, -0.1) is 0 Å². The molecule has 9 atom stereocenters. The standard InChI is InChI=1S/C31H42O9/c1-16(33)40-26(2,3)10-9-22(36)31(39)14-29-13-23(37)30(15-32)18-11-19(34)25(38)27(4,5)17(18)7-8-21(30)28(29,6)12-20(35)24(29)31/h7,9-10,18,20-21,24-25,32,35,38-39H,8,11-15H2,1-6H3/b10-9+/t18-,20-,21+,24+,25+,28+,29+,30+,31+/m1/s1. The molecule has 5 aliphatic rings. The van der Waals surface area contributed by atoms with Crippen molar-refractivity contribution in [3.8, 4) is 0 Å². The Bertz CT molecular complexity index is 1250. The molecule has 0 aliphatic heterocycles. The van der Waals surface area contributed by atoms with Crippen molar-refractivity contribution in [3.63, 3.8) is 0 Å². The highest BCUT2D eigenvalue weighted by molar-refractivity contribution is 6.00. The number of allylic oxidation sites excluding steroid dienone is 1. The Labute approximate surface area is 234 Å². The molecule has 220 valence electrons. The van der Waals surface area contributed by atoms with Crippen LogP contribution in [-0.2, 0) is 23.9 Å². The van der Waals surface area contributed by atoms with Crippen molar-refractivity contribution in [1.82, 2.24) is 0 Å². The van der Waals surface area contributed by atoms with Gasteiger partial charge in [0.25, 0.3) is 0 Å². The number of hydrogen-bond donors (Lipinski definition) is 4. The topological polar surface area (TPSA) is 158 Å². The number of esters is 1. The molecule has 5 aliphatic carbocycles. The minimum Gasteiger partial charge on any atom is -0.456 e. The first kappa shape index (κ1) is 29.3. The van der Waals surface area contributed by atoms with Crippen LogP contribution in [0.4, 0.5) is 0 Å². The number of aliphatic hydroxyl groups is 4. The average Bonchev–Trinajstić information content (AvgIpc) is 3.01. The Morgan fingerprint density at radius 3 is 2.42 bits per heavy atom. The zero-order chi connectivity index (χ0) is 29.8. The molecule has 0 aromatic heterocycles. The Hall–Kier alpha value is -2.20. The number of ketones is 3. The summed E-state index contributed by atoms with van der Waals surface area (Å²) in [7, 11) is 0. The molecule has 0 saturated heterocycles. The van der Waals surface area contributed by atoms with Crippen LogP contribution in [0.5, 0.6) is 0 Å². The molecule has 0 aromatic rings. The van der Waals surface area contributed by atoms with Crippen molar-refractivity contribution < 1.29 is 44.3 Å². The number of carbonyl (C=O) groups excluding carboxylic acids is 4. The number of Topliss-reactive ketones (excluding diaryl/α,β-unsaturated/α-hetero) is 2. The van der Waals surface area contributed by atoms with Crippen LogP contribution in [0.1, 0.15) is 73.6 Å². The first-order chi connectivity index (χ1) is 18.3. The zero-order valence-corrected chi connectivity index (χ0v) is 24.2. The summed E-state index contributed by atoms with van der Waals surface area (Å²) in [5.41, 5.74) is -5.83. The van der Waals surface area contributed by atoms with Crippen LogP contribution in [0.3, 0.4) is 0 Å². The molecule has 0 aromatic carbocycles. The van der Waals surface area contributed by atoms with E-state index >= 15 is 0 Å². The summed E-state index contributed by atoms with van der Waals surface area (Å²) < 4.78 is 5.21. The van der Waals surface area contributed by atoms with Crippen LogP contribution in [0.15, 0.2) is 23.8 Å². The van der Waals surface area contributed by atoms with Gasteiger partial charge in [0.15, 0.2) is 11.6 Å². The van der Waals surface area contributed by atoms with E-state index in [1.807, 2.05) is 13.0 Å². The number of carbonyl (C=O) groups is 4. The average molecular weight is 559 g/mol. The quantitative estimate of drug-likeness (QED) is 0.224. The van der Waals surface area contributed by atoms with Gasteiger partial charge < -0.3 is 25.2 Å². The number of rotatable bonds is 5. The summed E-state index contributed by atoms with van der Waals surface area (Å²) in [5, 5.41) is 44.7. The van der Waals surface area contributed by atoms with E-state index in [0.717, 1.165) is 5.57 Å². The van der Waals surface area contributed by atoms with E-state index in [4.69, 9.17) is 4.74 Å². The van der Waals surface area contributed by atoms with E-state index in [0.29, 0.717) is 6.42 Å². The monoisotopic (exact) mass is 558 g/mol. The van der Waals surface area contributed by atoms with E-state index in [9.17, 15) is 39.6 Å². The number of hydrogen-bond acceptors (Lipinski definition) is 9. The summed E-state index contributed by atoms with van der Waals surface area (Å²) in [4.78, 5) is 52.0. The highest BCUT2D eigenvalue weighted by atomic mass is 16.6. The third-order valence-electron chi connectivity index (χ3n) is 11.7. The summed E-state index contributed by atoms with van der Waals surface area (Å²) in [6.45, 7) is 9.60. The lowest BCUT2D eigenvalue weighted by molar-refractivity contribution is -0.253. The first-order valence-corrected chi connectivity index (χ1v) is 14.2. The van der Waals surface area contributed by atoms with E-state index in [1.54, 1.807) is 27.7 Å². The molecule has 5 rings (SSSR count). The van der Waals surface area contributed by atoms with Gasteiger partial charge in [-0.1, -0.05) is 32.4 Å². The van der Waals surface area contributed by atoms with Crippen molar-refractivity contribution in [2.24, 2.45) is 39.4 Å². The maximum absolute atomic E-state index is 14.3. The molecule has 1 spiro atoms. The van der Waals surface area contributed by atoms with Crippen molar-refractivity contribution in [2.45, 2.75) is 97.1 Å². The van der Waals surface area contributed by atoms with Crippen LogP contribution in [0.25, 0.3) is 0 Å². The SMILES string of the molecule is CC(=O)OC(C)(C)/C=C/C(=O)[C@@]1(O)C[C@]23CC(=O)[C@@]4(CO)[C@@H]5CC(=O)[C@H](O)C(C)(C)C5=CC[C@H]4[C@]2(C)C[C@@H](O)[C@@H]31. The van der Waals surface area contributed by atoms with Gasteiger partial charge in [0.1, 0.15) is 23.1 Å². The molecule has 0 radical (unpaired) electrons. The van der Waals surface area contributed by atoms with Crippen molar-refractivity contribution >= 4 is 23.3 Å². The van der Waals surface area contributed by atoms with Gasteiger partial charge in [-0.05, 0) is 62.0 Å². The molecule has 0 heterocycles. The lowest BCUT2D eigenvalue weighted by Crippen LogP contribution is -2.74. The highest BCUT2D eigenvalue weighted by Gasteiger charge is 2.83. The molecule has 0 bridgehead atoms. The summed E-state index contributed by atoms with van der Waals surface area (Å²) in [6, 6.07) is 0. The number of fused-ring (bicyclic) bond motifs is 4. The molecule has 4 N–H and O–H groups in total. The van der Waals surface area contributed by atoms with Gasteiger partial charge in [0, 0.05) is 37.0 Å². The molecule has 9 nitrogen and oxygen atoms in total. The maximum atomic E-state index is 14.3. The van der Waals surface area contributed by atoms with Gasteiger partial charge >= 0.3 is 5.97 Å². The summed E-state index contributed by atoms with van der Waals surface area (Å²) >= 11 is 0. The van der Waals surface area contributed by atoms with E-state index < -0.39 is 81.2 Å². The molecule has 4 saturated carbocycles. The minimum absolute atomic E-state index is 0.0104. The van der Waals surface area contributed by atoms with Crippen LogP contribution < -0.4 is 0 Å². The smallest absolute Gasteiger partial charge is 0.303 e. The summed E-state index contributed by atoms with van der Waals surface area (Å²) in [6.07, 6.45) is 2.95. The molecule has 0 unspecified atom stereocenters. The number of ether oxygens (including phenoxy) is 1. The fraction of sp³-hybridized carbons (Fsp3) is 0.742. The van der Waals surface area contributed by atoms with Gasteiger partial charge in [-0.2, -0.15) is 0 Å². The summed E-state index contributed by atoms with van der Waals surface area (Å²) in [5.74, 6) is -3.55. The predicted octanol–water partition coefficient (Wildman–Crippen LogP) is 1.84. The first-order valence-electron chi connectivity index (χ1n) is 14.2. The van der Waals surface area contributed by atoms with Crippen LogP contribution in [0, 0.1) is 39.4 Å².